The van der Waals surface area contributed by atoms with Crippen LogP contribution in [0.3, 0.4) is 0 Å². The van der Waals surface area contributed by atoms with E-state index < -0.39 is 0 Å². The molecule has 0 bridgehead atoms. The molecule has 2 amide bonds. The van der Waals surface area contributed by atoms with Crippen LogP contribution in [0.15, 0.2) is 18.2 Å². The second-order valence-electron chi connectivity index (χ2n) is 5.06. The van der Waals surface area contributed by atoms with Crippen molar-refractivity contribution in [3.8, 4) is 5.75 Å². The molecule has 1 heterocycles. The Hall–Kier alpha value is -2.08. The summed E-state index contributed by atoms with van der Waals surface area (Å²) in [5.74, 6) is 0.523. The SMILES string of the molecule is CCOCCCNC(=O)COc1ccc2c(c1)CCC(=O)N2. The van der Waals surface area contributed by atoms with Crippen LogP contribution in [-0.4, -0.2) is 38.2 Å². The van der Waals surface area contributed by atoms with E-state index in [2.05, 4.69) is 10.6 Å². The highest BCUT2D eigenvalue weighted by molar-refractivity contribution is 5.94. The summed E-state index contributed by atoms with van der Waals surface area (Å²) in [5.41, 5.74) is 1.86. The van der Waals surface area contributed by atoms with Crippen molar-refractivity contribution >= 4 is 17.5 Å². The Labute approximate surface area is 130 Å². The molecule has 2 N–H and O–H groups in total. The molecule has 6 heteroatoms. The summed E-state index contributed by atoms with van der Waals surface area (Å²) in [4.78, 5) is 22.9. The molecule has 0 aliphatic carbocycles. The monoisotopic (exact) mass is 306 g/mol. The van der Waals surface area contributed by atoms with E-state index >= 15 is 0 Å². The molecular weight excluding hydrogens is 284 g/mol. The van der Waals surface area contributed by atoms with Crippen molar-refractivity contribution in [1.82, 2.24) is 5.32 Å². The lowest BCUT2D eigenvalue weighted by molar-refractivity contribution is -0.123. The van der Waals surface area contributed by atoms with Crippen LogP contribution in [-0.2, 0) is 20.7 Å². The van der Waals surface area contributed by atoms with E-state index in [1.165, 1.54) is 0 Å². The molecule has 6 nitrogen and oxygen atoms in total. The number of anilines is 1. The first-order valence-corrected chi connectivity index (χ1v) is 7.59. The van der Waals surface area contributed by atoms with Crippen LogP contribution >= 0.6 is 0 Å². The van der Waals surface area contributed by atoms with E-state index in [1.807, 2.05) is 19.1 Å². The molecule has 0 fully saturated rings. The van der Waals surface area contributed by atoms with E-state index in [4.69, 9.17) is 9.47 Å². The fourth-order valence-corrected chi connectivity index (χ4v) is 2.20. The second-order valence-corrected chi connectivity index (χ2v) is 5.06. The summed E-state index contributed by atoms with van der Waals surface area (Å²) in [7, 11) is 0. The molecule has 2 rings (SSSR count). The quantitative estimate of drug-likeness (QED) is 0.714. The molecule has 1 aliphatic rings. The molecule has 0 spiro atoms. The van der Waals surface area contributed by atoms with Crippen LogP contribution in [0.5, 0.6) is 5.75 Å². The smallest absolute Gasteiger partial charge is 0.257 e. The van der Waals surface area contributed by atoms with Crippen molar-refractivity contribution in [3.05, 3.63) is 23.8 Å². The normalized spacial score (nSPS) is 13.2. The minimum atomic E-state index is -0.150. The summed E-state index contributed by atoms with van der Waals surface area (Å²) in [5, 5.41) is 5.59. The van der Waals surface area contributed by atoms with Crippen LogP contribution in [0.4, 0.5) is 5.69 Å². The van der Waals surface area contributed by atoms with Gasteiger partial charge in [-0.3, -0.25) is 9.59 Å². The van der Waals surface area contributed by atoms with Crippen molar-refractivity contribution in [2.75, 3.05) is 31.7 Å². The number of benzene rings is 1. The number of carbonyl (C=O) groups excluding carboxylic acids is 2. The molecule has 0 radical (unpaired) electrons. The number of rotatable bonds is 8. The number of aryl methyl sites for hydroxylation is 1. The summed E-state index contributed by atoms with van der Waals surface area (Å²) in [6.45, 7) is 3.85. The van der Waals surface area contributed by atoms with Crippen molar-refractivity contribution in [3.63, 3.8) is 0 Å². The third-order valence-corrected chi connectivity index (χ3v) is 3.33. The van der Waals surface area contributed by atoms with Gasteiger partial charge >= 0.3 is 0 Å². The minimum Gasteiger partial charge on any atom is -0.484 e. The molecule has 22 heavy (non-hydrogen) atoms. The van der Waals surface area contributed by atoms with Crippen molar-refractivity contribution in [2.24, 2.45) is 0 Å². The maximum Gasteiger partial charge on any atom is 0.257 e. The van der Waals surface area contributed by atoms with E-state index in [0.717, 1.165) is 17.7 Å². The fourth-order valence-electron chi connectivity index (χ4n) is 2.20. The van der Waals surface area contributed by atoms with Crippen LogP contribution < -0.4 is 15.4 Å². The Morgan fingerprint density at radius 3 is 3.05 bits per heavy atom. The van der Waals surface area contributed by atoms with Gasteiger partial charge in [0.15, 0.2) is 6.61 Å². The van der Waals surface area contributed by atoms with E-state index in [9.17, 15) is 9.59 Å². The van der Waals surface area contributed by atoms with Gasteiger partial charge < -0.3 is 20.1 Å². The molecular formula is C16H22N2O4. The maximum atomic E-state index is 11.6. The van der Waals surface area contributed by atoms with Gasteiger partial charge in [-0.2, -0.15) is 0 Å². The second kappa shape index (κ2) is 8.38. The van der Waals surface area contributed by atoms with Gasteiger partial charge in [-0.25, -0.2) is 0 Å². The molecule has 0 aromatic heterocycles. The first-order valence-electron chi connectivity index (χ1n) is 7.59. The van der Waals surface area contributed by atoms with E-state index in [-0.39, 0.29) is 18.4 Å². The maximum absolute atomic E-state index is 11.6. The summed E-state index contributed by atoms with van der Waals surface area (Å²) in [6.07, 6.45) is 1.97. The Morgan fingerprint density at radius 2 is 2.23 bits per heavy atom. The van der Waals surface area contributed by atoms with Gasteiger partial charge in [0.25, 0.3) is 5.91 Å². The summed E-state index contributed by atoms with van der Waals surface area (Å²) < 4.78 is 10.7. The van der Waals surface area contributed by atoms with Crippen LogP contribution in [0, 0.1) is 0 Å². The Kier molecular flexibility index (Phi) is 6.21. The third kappa shape index (κ3) is 5.04. The number of amides is 2. The topological polar surface area (TPSA) is 76.7 Å². The molecule has 0 saturated carbocycles. The summed E-state index contributed by atoms with van der Waals surface area (Å²) >= 11 is 0. The lowest BCUT2D eigenvalue weighted by Gasteiger charge is -2.17. The molecule has 0 atom stereocenters. The van der Waals surface area contributed by atoms with Crippen molar-refractivity contribution < 1.29 is 19.1 Å². The Bertz CT molecular complexity index is 531. The highest BCUT2D eigenvalue weighted by Gasteiger charge is 2.15. The predicted molar refractivity (Wildman–Crippen MR) is 83.0 cm³/mol. The fraction of sp³-hybridized carbons (Fsp3) is 0.500. The highest BCUT2D eigenvalue weighted by Crippen LogP contribution is 2.26. The van der Waals surface area contributed by atoms with E-state index in [1.54, 1.807) is 6.07 Å². The van der Waals surface area contributed by atoms with Gasteiger partial charge in [0, 0.05) is 31.9 Å². The molecule has 120 valence electrons. The molecule has 1 aromatic rings. The average Bonchev–Trinajstić information content (AvgIpc) is 2.52. The highest BCUT2D eigenvalue weighted by atomic mass is 16.5. The predicted octanol–water partition coefficient (Wildman–Crippen LogP) is 1.49. The third-order valence-electron chi connectivity index (χ3n) is 3.33. The van der Waals surface area contributed by atoms with Gasteiger partial charge in [0.05, 0.1) is 0 Å². The van der Waals surface area contributed by atoms with Gasteiger partial charge in [0.2, 0.25) is 5.91 Å². The van der Waals surface area contributed by atoms with Crippen molar-refractivity contribution in [2.45, 2.75) is 26.2 Å². The zero-order chi connectivity index (χ0) is 15.8. The Morgan fingerprint density at radius 1 is 1.36 bits per heavy atom. The van der Waals surface area contributed by atoms with Crippen LogP contribution in [0.1, 0.15) is 25.3 Å². The number of carbonyl (C=O) groups is 2. The zero-order valence-electron chi connectivity index (χ0n) is 12.8. The largest absolute Gasteiger partial charge is 0.484 e. The lowest BCUT2D eigenvalue weighted by atomic mass is 10.0. The number of hydrogen-bond acceptors (Lipinski definition) is 4. The molecule has 1 aromatic carbocycles. The van der Waals surface area contributed by atoms with Crippen LogP contribution in [0.2, 0.25) is 0 Å². The lowest BCUT2D eigenvalue weighted by Crippen LogP contribution is -2.30. The first kappa shape index (κ1) is 16.3. The van der Waals surface area contributed by atoms with Crippen molar-refractivity contribution in [1.29, 1.82) is 0 Å². The minimum absolute atomic E-state index is 0.0141. The van der Waals surface area contributed by atoms with Gasteiger partial charge in [-0.1, -0.05) is 0 Å². The zero-order valence-corrected chi connectivity index (χ0v) is 12.8. The first-order chi connectivity index (χ1) is 10.7. The summed E-state index contributed by atoms with van der Waals surface area (Å²) in [6, 6.07) is 5.44. The van der Waals surface area contributed by atoms with E-state index in [0.29, 0.717) is 38.3 Å². The number of ether oxygens (including phenoxy) is 2. The van der Waals surface area contributed by atoms with Crippen LogP contribution in [0.25, 0.3) is 0 Å². The average molecular weight is 306 g/mol. The van der Waals surface area contributed by atoms with Gasteiger partial charge in [-0.15, -0.1) is 0 Å². The molecule has 1 aliphatic heterocycles. The number of nitrogens with one attached hydrogen (secondary N) is 2. The standard InChI is InChI=1S/C16H22N2O4/c1-2-21-9-3-8-17-16(20)11-22-13-5-6-14-12(10-13)4-7-15(19)18-14/h5-6,10H,2-4,7-9,11H2,1H3,(H,17,20)(H,18,19). The van der Waals surface area contributed by atoms with Gasteiger partial charge in [-0.05, 0) is 43.5 Å². The number of hydrogen-bond donors (Lipinski definition) is 2. The molecule has 0 unspecified atom stereocenters. The Balaban J connectivity index is 1.72. The number of fused-ring (bicyclic) bond motifs is 1. The van der Waals surface area contributed by atoms with Gasteiger partial charge in [0.1, 0.15) is 5.75 Å². The molecule has 0 saturated heterocycles.